The standard InChI is InChI=1S/C17H27NO3/c1-3-18-16(13-9-7-5-4-6-8-10-13)14-11-12-15(21-14)17(19)20-2/h11-13,16,18H,3-10H2,1-2H3. The van der Waals surface area contributed by atoms with Gasteiger partial charge >= 0.3 is 5.97 Å². The minimum Gasteiger partial charge on any atom is -0.463 e. The number of methoxy groups -OCH3 is 1. The van der Waals surface area contributed by atoms with Crippen LogP contribution in [-0.2, 0) is 4.74 Å². The van der Waals surface area contributed by atoms with E-state index in [2.05, 4.69) is 12.2 Å². The monoisotopic (exact) mass is 293 g/mol. The number of carbonyl (C=O) groups is 1. The first-order valence-corrected chi connectivity index (χ1v) is 8.17. The molecule has 0 saturated heterocycles. The van der Waals surface area contributed by atoms with Crippen LogP contribution in [0.5, 0.6) is 0 Å². The zero-order chi connectivity index (χ0) is 15.1. The summed E-state index contributed by atoms with van der Waals surface area (Å²) in [6.07, 6.45) is 9.07. The van der Waals surface area contributed by atoms with Gasteiger partial charge in [0.05, 0.1) is 13.2 Å². The molecule has 1 heterocycles. The molecule has 4 nitrogen and oxygen atoms in total. The van der Waals surface area contributed by atoms with Crippen molar-refractivity contribution in [2.45, 2.75) is 57.9 Å². The predicted octanol–water partition coefficient (Wildman–Crippen LogP) is 4.08. The van der Waals surface area contributed by atoms with E-state index in [9.17, 15) is 4.79 Å². The molecule has 1 unspecified atom stereocenters. The van der Waals surface area contributed by atoms with Gasteiger partial charge in [-0.25, -0.2) is 4.79 Å². The largest absolute Gasteiger partial charge is 0.463 e. The van der Waals surface area contributed by atoms with Gasteiger partial charge in [0.25, 0.3) is 0 Å². The third-order valence-electron chi connectivity index (χ3n) is 4.37. The zero-order valence-electron chi connectivity index (χ0n) is 13.2. The van der Waals surface area contributed by atoms with Gasteiger partial charge in [0.15, 0.2) is 0 Å². The summed E-state index contributed by atoms with van der Waals surface area (Å²) in [6.45, 7) is 3.01. The van der Waals surface area contributed by atoms with Crippen LogP contribution in [0, 0.1) is 5.92 Å². The molecule has 0 aliphatic heterocycles. The van der Waals surface area contributed by atoms with Gasteiger partial charge in [-0.1, -0.05) is 39.0 Å². The second kappa shape index (κ2) is 8.23. The number of hydrogen-bond donors (Lipinski definition) is 1. The molecule has 0 bridgehead atoms. The highest BCUT2D eigenvalue weighted by molar-refractivity contribution is 5.86. The molecule has 118 valence electrons. The SMILES string of the molecule is CCNC(c1ccc(C(=O)OC)o1)C1CCCCCCC1. The highest BCUT2D eigenvalue weighted by Crippen LogP contribution is 2.33. The van der Waals surface area contributed by atoms with Gasteiger partial charge < -0.3 is 14.5 Å². The molecular formula is C17H27NO3. The lowest BCUT2D eigenvalue weighted by molar-refractivity contribution is 0.0560. The molecule has 0 aromatic carbocycles. The van der Waals surface area contributed by atoms with Crippen molar-refractivity contribution >= 4 is 5.97 Å². The quantitative estimate of drug-likeness (QED) is 0.831. The molecule has 1 aliphatic rings. The summed E-state index contributed by atoms with van der Waals surface area (Å²) in [5, 5.41) is 3.54. The maximum absolute atomic E-state index is 11.5. The van der Waals surface area contributed by atoms with Gasteiger partial charge in [0, 0.05) is 0 Å². The Kier molecular flexibility index (Phi) is 6.30. The Bertz CT molecular complexity index is 433. The van der Waals surface area contributed by atoms with Crippen LogP contribution in [0.15, 0.2) is 16.5 Å². The summed E-state index contributed by atoms with van der Waals surface area (Å²) in [5.41, 5.74) is 0. The van der Waals surface area contributed by atoms with Gasteiger partial charge in [-0.05, 0) is 37.4 Å². The number of esters is 1. The van der Waals surface area contributed by atoms with E-state index in [1.54, 1.807) is 6.07 Å². The fourth-order valence-corrected chi connectivity index (χ4v) is 3.27. The summed E-state index contributed by atoms with van der Waals surface area (Å²) in [7, 11) is 1.38. The van der Waals surface area contributed by atoms with E-state index < -0.39 is 5.97 Å². The van der Waals surface area contributed by atoms with Gasteiger partial charge in [0.1, 0.15) is 5.76 Å². The average Bonchev–Trinajstić information content (AvgIpc) is 2.94. The Labute approximate surface area is 127 Å². The first kappa shape index (κ1) is 16.1. The van der Waals surface area contributed by atoms with Crippen molar-refractivity contribution < 1.29 is 13.9 Å². The van der Waals surface area contributed by atoms with Crippen LogP contribution in [0.25, 0.3) is 0 Å². The lowest BCUT2D eigenvalue weighted by atomic mass is 9.85. The van der Waals surface area contributed by atoms with Gasteiger partial charge in [-0.3, -0.25) is 0 Å². The maximum atomic E-state index is 11.5. The van der Waals surface area contributed by atoms with Crippen LogP contribution < -0.4 is 5.32 Å². The molecule has 1 fully saturated rings. The number of ether oxygens (including phenoxy) is 1. The molecule has 1 aliphatic carbocycles. The number of furan rings is 1. The molecule has 1 atom stereocenters. The summed E-state index contributed by atoms with van der Waals surface area (Å²) < 4.78 is 10.5. The van der Waals surface area contributed by atoms with Crippen molar-refractivity contribution in [3.8, 4) is 0 Å². The van der Waals surface area contributed by atoms with E-state index in [1.807, 2.05) is 6.07 Å². The molecule has 1 aromatic heterocycles. The Balaban J connectivity index is 2.12. The lowest BCUT2D eigenvalue weighted by Gasteiger charge is -2.28. The fraction of sp³-hybridized carbons (Fsp3) is 0.706. The van der Waals surface area contributed by atoms with Crippen LogP contribution >= 0.6 is 0 Å². The first-order valence-electron chi connectivity index (χ1n) is 8.17. The van der Waals surface area contributed by atoms with Crippen LogP contribution in [-0.4, -0.2) is 19.6 Å². The Morgan fingerprint density at radius 3 is 2.57 bits per heavy atom. The summed E-state index contributed by atoms with van der Waals surface area (Å²) in [5.74, 6) is 1.33. The molecule has 0 spiro atoms. The van der Waals surface area contributed by atoms with E-state index in [0.717, 1.165) is 12.3 Å². The van der Waals surface area contributed by atoms with Crippen LogP contribution in [0.1, 0.15) is 74.2 Å². The zero-order valence-corrected chi connectivity index (χ0v) is 13.2. The van der Waals surface area contributed by atoms with E-state index in [-0.39, 0.29) is 6.04 Å². The topological polar surface area (TPSA) is 51.5 Å². The van der Waals surface area contributed by atoms with Crippen molar-refractivity contribution in [3.63, 3.8) is 0 Å². The average molecular weight is 293 g/mol. The predicted molar refractivity (Wildman–Crippen MR) is 82.3 cm³/mol. The fourth-order valence-electron chi connectivity index (χ4n) is 3.27. The highest BCUT2D eigenvalue weighted by Gasteiger charge is 2.26. The lowest BCUT2D eigenvalue weighted by Crippen LogP contribution is -2.28. The Morgan fingerprint density at radius 1 is 1.29 bits per heavy atom. The third-order valence-corrected chi connectivity index (χ3v) is 4.37. The number of rotatable bonds is 5. The van der Waals surface area contributed by atoms with Crippen LogP contribution in [0.3, 0.4) is 0 Å². The minimum absolute atomic E-state index is 0.200. The van der Waals surface area contributed by atoms with Crippen LogP contribution in [0.2, 0.25) is 0 Å². The molecule has 0 radical (unpaired) electrons. The molecule has 1 N–H and O–H groups in total. The Morgan fingerprint density at radius 2 is 1.95 bits per heavy atom. The number of hydrogen-bond acceptors (Lipinski definition) is 4. The van der Waals surface area contributed by atoms with E-state index >= 15 is 0 Å². The molecule has 1 aromatic rings. The van der Waals surface area contributed by atoms with E-state index in [0.29, 0.717) is 11.7 Å². The molecule has 1 saturated carbocycles. The smallest absolute Gasteiger partial charge is 0.373 e. The van der Waals surface area contributed by atoms with Crippen LogP contribution in [0.4, 0.5) is 0 Å². The van der Waals surface area contributed by atoms with Gasteiger partial charge in [0.2, 0.25) is 5.76 Å². The molecule has 21 heavy (non-hydrogen) atoms. The molecule has 0 amide bonds. The number of nitrogens with one attached hydrogen (secondary N) is 1. The van der Waals surface area contributed by atoms with Gasteiger partial charge in [-0.2, -0.15) is 0 Å². The molecule has 2 rings (SSSR count). The summed E-state index contributed by atoms with van der Waals surface area (Å²) in [4.78, 5) is 11.5. The summed E-state index contributed by atoms with van der Waals surface area (Å²) in [6, 6.07) is 3.83. The normalized spacial score (nSPS) is 18.8. The second-order valence-electron chi connectivity index (χ2n) is 5.83. The number of carbonyl (C=O) groups excluding carboxylic acids is 1. The van der Waals surface area contributed by atoms with Crippen molar-refractivity contribution in [1.82, 2.24) is 5.32 Å². The third kappa shape index (κ3) is 4.34. The Hall–Kier alpha value is -1.29. The minimum atomic E-state index is -0.408. The maximum Gasteiger partial charge on any atom is 0.373 e. The van der Waals surface area contributed by atoms with Gasteiger partial charge in [-0.15, -0.1) is 0 Å². The summed E-state index contributed by atoms with van der Waals surface area (Å²) >= 11 is 0. The highest BCUT2D eigenvalue weighted by atomic mass is 16.5. The van der Waals surface area contributed by atoms with E-state index in [4.69, 9.17) is 9.15 Å². The van der Waals surface area contributed by atoms with Crippen molar-refractivity contribution in [1.29, 1.82) is 0 Å². The first-order chi connectivity index (χ1) is 10.3. The van der Waals surface area contributed by atoms with Crippen molar-refractivity contribution in [2.75, 3.05) is 13.7 Å². The second-order valence-corrected chi connectivity index (χ2v) is 5.83. The van der Waals surface area contributed by atoms with E-state index in [1.165, 1.54) is 52.1 Å². The van der Waals surface area contributed by atoms with Crippen molar-refractivity contribution in [2.24, 2.45) is 5.92 Å². The molecule has 4 heteroatoms. The molecular weight excluding hydrogens is 266 g/mol. The van der Waals surface area contributed by atoms with Crippen molar-refractivity contribution in [3.05, 3.63) is 23.7 Å².